The number of rotatable bonds is 2. The fraction of sp³-hybridized carbons (Fsp3) is 0. The summed E-state index contributed by atoms with van der Waals surface area (Å²) in [4.78, 5) is 19.9. The molecule has 4 nitrogen and oxygen atoms in total. The van der Waals surface area contributed by atoms with Gasteiger partial charge in [-0.05, 0) is 58.3 Å². The Morgan fingerprint density at radius 1 is 0.613 bits per heavy atom. The first-order valence-corrected chi connectivity index (χ1v) is 10.0. The largest absolute Gasteiger partial charge is 0.439 e. The van der Waals surface area contributed by atoms with E-state index in [9.17, 15) is 4.79 Å². The first-order chi connectivity index (χ1) is 15.2. The number of fused-ring (bicyclic) bond motifs is 3. The molecule has 0 saturated carbocycles. The molecule has 0 N–H and O–H groups in total. The Morgan fingerprint density at radius 2 is 1.32 bits per heavy atom. The monoisotopic (exact) mass is 400 g/mol. The van der Waals surface area contributed by atoms with Crippen molar-refractivity contribution in [3.8, 4) is 22.4 Å². The lowest BCUT2D eigenvalue weighted by Crippen LogP contribution is -2.01. The molecule has 0 atom stereocenters. The van der Waals surface area contributed by atoms with Crippen LogP contribution >= 0.6 is 0 Å². The third kappa shape index (κ3) is 3.15. The van der Waals surface area contributed by atoms with Crippen LogP contribution in [-0.4, -0.2) is 9.97 Å². The summed E-state index contributed by atoms with van der Waals surface area (Å²) in [6.45, 7) is 0. The third-order valence-corrected chi connectivity index (χ3v) is 5.58. The number of pyridine rings is 1. The highest BCUT2D eigenvalue weighted by Crippen LogP contribution is 2.30. The van der Waals surface area contributed by atoms with E-state index >= 15 is 0 Å². The lowest BCUT2D eigenvalue weighted by Gasteiger charge is -2.08. The molecule has 146 valence electrons. The van der Waals surface area contributed by atoms with Crippen molar-refractivity contribution in [1.29, 1.82) is 0 Å². The van der Waals surface area contributed by atoms with Gasteiger partial charge in [-0.2, -0.15) is 4.98 Å². The molecule has 0 amide bonds. The van der Waals surface area contributed by atoms with Crippen LogP contribution in [0.1, 0.15) is 0 Å². The number of nitrogens with zero attached hydrogens (tertiary/aromatic N) is 2. The average Bonchev–Trinajstić information content (AvgIpc) is 2.82. The molecule has 0 aliphatic carbocycles. The molecule has 4 aromatic carbocycles. The summed E-state index contributed by atoms with van der Waals surface area (Å²) in [5.74, 6) is -0.583. The highest BCUT2D eigenvalue weighted by molar-refractivity contribution is 5.92. The van der Waals surface area contributed by atoms with Crippen molar-refractivity contribution < 1.29 is 4.42 Å². The fourth-order valence-corrected chi connectivity index (χ4v) is 3.98. The lowest BCUT2D eigenvalue weighted by atomic mass is 9.98. The molecule has 6 aromatic rings. The first-order valence-electron chi connectivity index (χ1n) is 10.0. The van der Waals surface area contributed by atoms with Crippen molar-refractivity contribution in [2.45, 2.75) is 0 Å². The van der Waals surface area contributed by atoms with Crippen molar-refractivity contribution in [1.82, 2.24) is 9.97 Å². The van der Waals surface area contributed by atoms with Gasteiger partial charge in [-0.1, -0.05) is 54.6 Å². The zero-order valence-electron chi connectivity index (χ0n) is 16.4. The molecule has 0 unspecified atom stereocenters. The normalized spacial score (nSPS) is 11.4. The summed E-state index contributed by atoms with van der Waals surface area (Å²) in [6.07, 6.45) is 1.55. The van der Waals surface area contributed by atoms with E-state index in [0.29, 0.717) is 5.58 Å². The molecule has 0 aliphatic heterocycles. The minimum atomic E-state index is -0.583. The van der Waals surface area contributed by atoms with Crippen LogP contribution < -0.4 is 5.76 Å². The van der Waals surface area contributed by atoms with E-state index in [0.717, 1.165) is 44.1 Å². The zero-order chi connectivity index (χ0) is 20.8. The van der Waals surface area contributed by atoms with Crippen LogP contribution in [-0.2, 0) is 0 Å². The van der Waals surface area contributed by atoms with Gasteiger partial charge >= 0.3 is 5.76 Å². The Bertz CT molecular complexity index is 1670. The van der Waals surface area contributed by atoms with Crippen LogP contribution in [0.15, 0.2) is 106 Å². The predicted molar refractivity (Wildman–Crippen MR) is 124 cm³/mol. The molecule has 0 aliphatic rings. The van der Waals surface area contributed by atoms with Crippen molar-refractivity contribution in [2.24, 2.45) is 0 Å². The van der Waals surface area contributed by atoms with Crippen LogP contribution in [0.2, 0.25) is 0 Å². The molecular weight excluding hydrogens is 384 g/mol. The van der Waals surface area contributed by atoms with Crippen LogP contribution in [0.4, 0.5) is 0 Å². The van der Waals surface area contributed by atoms with Gasteiger partial charge in [-0.25, -0.2) is 9.78 Å². The molecule has 31 heavy (non-hydrogen) atoms. The standard InChI is InChI=1S/C27H16N2O2/c30-27-28-16-23-14-20(10-12-26(23)31-27)19-7-5-17-6-8-21(15-22(17)13-19)25-11-9-18-3-1-2-4-24(18)29-25/h1-16H. The summed E-state index contributed by atoms with van der Waals surface area (Å²) in [5.41, 5.74) is 5.70. The fourth-order valence-electron chi connectivity index (χ4n) is 3.98. The van der Waals surface area contributed by atoms with Gasteiger partial charge in [0.05, 0.1) is 11.2 Å². The van der Waals surface area contributed by atoms with Crippen LogP contribution in [0.25, 0.3) is 55.0 Å². The Hall–Kier alpha value is -4.31. The molecular formula is C27H16N2O2. The molecule has 0 spiro atoms. The van der Waals surface area contributed by atoms with E-state index in [1.807, 2.05) is 36.4 Å². The van der Waals surface area contributed by atoms with Gasteiger partial charge in [0.1, 0.15) is 5.58 Å². The van der Waals surface area contributed by atoms with Gasteiger partial charge in [0, 0.05) is 22.5 Å². The maximum Gasteiger partial charge on any atom is 0.439 e. The SMILES string of the molecule is O=c1ncc2cc(-c3ccc4ccc(-c5ccc6ccccc6n5)cc4c3)ccc2o1. The van der Waals surface area contributed by atoms with Crippen molar-refractivity contribution in [2.75, 3.05) is 0 Å². The zero-order valence-corrected chi connectivity index (χ0v) is 16.4. The first kappa shape index (κ1) is 17.5. The van der Waals surface area contributed by atoms with E-state index < -0.39 is 5.76 Å². The predicted octanol–water partition coefficient (Wildman–Crippen LogP) is 6.22. The summed E-state index contributed by atoms with van der Waals surface area (Å²) < 4.78 is 5.14. The second kappa shape index (κ2) is 6.89. The molecule has 0 radical (unpaired) electrons. The minimum Gasteiger partial charge on any atom is -0.408 e. The number of benzene rings is 4. The Kier molecular flexibility index (Phi) is 3.90. The van der Waals surface area contributed by atoms with E-state index in [-0.39, 0.29) is 0 Å². The quantitative estimate of drug-likeness (QED) is 0.346. The van der Waals surface area contributed by atoms with Gasteiger partial charge < -0.3 is 4.42 Å². The van der Waals surface area contributed by atoms with Crippen molar-refractivity contribution in [3.05, 3.63) is 108 Å². The highest BCUT2D eigenvalue weighted by Gasteiger charge is 2.06. The van der Waals surface area contributed by atoms with Gasteiger partial charge in [0.25, 0.3) is 0 Å². The average molecular weight is 400 g/mol. The van der Waals surface area contributed by atoms with Crippen molar-refractivity contribution >= 4 is 32.6 Å². The molecule has 0 saturated heterocycles. The highest BCUT2D eigenvalue weighted by atomic mass is 16.4. The van der Waals surface area contributed by atoms with E-state index in [4.69, 9.17) is 9.40 Å². The molecule has 2 heterocycles. The summed E-state index contributed by atoms with van der Waals surface area (Å²) in [6, 6.07) is 30.9. The second-order valence-electron chi connectivity index (χ2n) is 7.54. The van der Waals surface area contributed by atoms with E-state index in [2.05, 4.69) is 59.6 Å². The number of hydrogen-bond acceptors (Lipinski definition) is 4. The van der Waals surface area contributed by atoms with Gasteiger partial charge in [-0.15, -0.1) is 0 Å². The number of para-hydroxylation sites is 1. The maximum absolute atomic E-state index is 11.3. The number of aromatic nitrogens is 2. The summed E-state index contributed by atoms with van der Waals surface area (Å²) in [7, 11) is 0. The Balaban J connectivity index is 1.45. The molecule has 6 rings (SSSR count). The number of hydrogen-bond donors (Lipinski definition) is 0. The van der Waals surface area contributed by atoms with Crippen molar-refractivity contribution in [3.63, 3.8) is 0 Å². The topological polar surface area (TPSA) is 56.0 Å². The third-order valence-electron chi connectivity index (χ3n) is 5.58. The Morgan fingerprint density at radius 3 is 2.23 bits per heavy atom. The van der Waals surface area contributed by atoms with Crippen LogP contribution in [0, 0.1) is 0 Å². The maximum atomic E-state index is 11.3. The molecule has 0 fully saturated rings. The van der Waals surface area contributed by atoms with Gasteiger partial charge in [-0.3, -0.25) is 0 Å². The molecule has 2 aromatic heterocycles. The summed E-state index contributed by atoms with van der Waals surface area (Å²) in [5, 5.41) is 4.24. The molecule has 0 bridgehead atoms. The summed E-state index contributed by atoms with van der Waals surface area (Å²) >= 11 is 0. The van der Waals surface area contributed by atoms with Gasteiger partial charge in [0.2, 0.25) is 0 Å². The van der Waals surface area contributed by atoms with Crippen LogP contribution in [0.3, 0.4) is 0 Å². The second-order valence-corrected chi connectivity index (χ2v) is 7.54. The minimum absolute atomic E-state index is 0.536. The van der Waals surface area contributed by atoms with E-state index in [1.54, 1.807) is 6.20 Å². The van der Waals surface area contributed by atoms with E-state index in [1.165, 1.54) is 5.39 Å². The van der Waals surface area contributed by atoms with Gasteiger partial charge in [0.15, 0.2) is 0 Å². The Labute approximate surface area is 177 Å². The smallest absolute Gasteiger partial charge is 0.408 e. The molecule has 4 heteroatoms. The lowest BCUT2D eigenvalue weighted by molar-refractivity contribution is 0.531. The van der Waals surface area contributed by atoms with Crippen LogP contribution in [0.5, 0.6) is 0 Å².